The van der Waals surface area contributed by atoms with Crippen LogP contribution in [0.4, 0.5) is 20.6 Å². The van der Waals surface area contributed by atoms with Gasteiger partial charge in [-0.15, -0.1) is 0 Å². The van der Waals surface area contributed by atoms with E-state index >= 15 is 0 Å². The number of anilines is 2. The van der Waals surface area contributed by atoms with Crippen molar-refractivity contribution in [3.8, 4) is 0 Å². The SMILES string of the molecule is Nc1ccc(F)cc1NC(=O)O. The number of benzene rings is 1. The number of amides is 1. The van der Waals surface area contributed by atoms with Crippen molar-refractivity contribution in [2.45, 2.75) is 0 Å². The molecule has 1 aromatic rings. The minimum atomic E-state index is -1.27. The van der Waals surface area contributed by atoms with Crippen molar-refractivity contribution in [3.63, 3.8) is 0 Å². The van der Waals surface area contributed by atoms with Gasteiger partial charge in [0.05, 0.1) is 11.4 Å². The van der Waals surface area contributed by atoms with Gasteiger partial charge in [-0.1, -0.05) is 0 Å². The smallest absolute Gasteiger partial charge is 0.409 e. The number of carboxylic acid groups (broad SMARTS) is 1. The summed E-state index contributed by atoms with van der Waals surface area (Å²) in [5, 5.41) is 10.3. The van der Waals surface area contributed by atoms with Crippen molar-refractivity contribution >= 4 is 17.5 Å². The van der Waals surface area contributed by atoms with E-state index in [1.165, 1.54) is 6.07 Å². The monoisotopic (exact) mass is 170 g/mol. The van der Waals surface area contributed by atoms with Crippen LogP contribution in [0.5, 0.6) is 0 Å². The molecular formula is C7H7FN2O2. The highest BCUT2D eigenvalue weighted by Gasteiger charge is 2.03. The van der Waals surface area contributed by atoms with Crippen LogP contribution in [0.3, 0.4) is 0 Å². The highest BCUT2D eigenvalue weighted by Crippen LogP contribution is 2.18. The molecule has 5 heteroatoms. The van der Waals surface area contributed by atoms with Gasteiger partial charge >= 0.3 is 6.09 Å². The van der Waals surface area contributed by atoms with Crippen molar-refractivity contribution in [1.29, 1.82) is 0 Å². The average Bonchev–Trinajstić information content (AvgIpc) is 1.96. The summed E-state index contributed by atoms with van der Waals surface area (Å²) >= 11 is 0. The first-order chi connectivity index (χ1) is 5.59. The van der Waals surface area contributed by atoms with Crippen LogP contribution in [-0.2, 0) is 0 Å². The van der Waals surface area contributed by atoms with Gasteiger partial charge in [-0.05, 0) is 18.2 Å². The second-order valence-corrected chi connectivity index (χ2v) is 2.16. The summed E-state index contributed by atoms with van der Waals surface area (Å²) in [5.41, 5.74) is 5.60. The first-order valence-corrected chi connectivity index (χ1v) is 3.14. The number of hydrogen-bond acceptors (Lipinski definition) is 2. The van der Waals surface area contributed by atoms with Crippen LogP contribution in [0, 0.1) is 5.82 Å². The van der Waals surface area contributed by atoms with Crippen molar-refractivity contribution in [3.05, 3.63) is 24.0 Å². The van der Waals surface area contributed by atoms with E-state index in [1.807, 2.05) is 5.32 Å². The number of halogens is 1. The molecule has 0 unspecified atom stereocenters. The van der Waals surface area contributed by atoms with Crippen molar-refractivity contribution in [2.24, 2.45) is 0 Å². The molecule has 64 valence electrons. The molecule has 0 aliphatic heterocycles. The summed E-state index contributed by atoms with van der Waals surface area (Å²) in [6, 6.07) is 3.46. The van der Waals surface area contributed by atoms with Gasteiger partial charge in [0.2, 0.25) is 0 Å². The standard InChI is InChI=1S/C7H7FN2O2/c8-4-1-2-5(9)6(3-4)10-7(11)12/h1-3,10H,9H2,(H,11,12). The van der Waals surface area contributed by atoms with E-state index in [-0.39, 0.29) is 11.4 Å². The topological polar surface area (TPSA) is 75.3 Å². The van der Waals surface area contributed by atoms with Crippen molar-refractivity contribution in [2.75, 3.05) is 11.1 Å². The van der Waals surface area contributed by atoms with Crippen LogP contribution in [0.25, 0.3) is 0 Å². The highest BCUT2D eigenvalue weighted by molar-refractivity contribution is 5.87. The quantitative estimate of drug-likeness (QED) is 0.559. The summed E-state index contributed by atoms with van der Waals surface area (Å²) in [7, 11) is 0. The van der Waals surface area contributed by atoms with Gasteiger partial charge in [0.15, 0.2) is 0 Å². The largest absolute Gasteiger partial charge is 0.465 e. The molecule has 0 atom stereocenters. The van der Waals surface area contributed by atoms with E-state index in [0.29, 0.717) is 0 Å². The lowest BCUT2D eigenvalue weighted by Crippen LogP contribution is -2.09. The molecule has 12 heavy (non-hydrogen) atoms. The Hall–Kier alpha value is -1.78. The molecule has 4 N–H and O–H groups in total. The van der Waals surface area contributed by atoms with Gasteiger partial charge in [0.25, 0.3) is 0 Å². The van der Waals surface area contributed by atoms with Crippen LogP contribution < -0.4 is 11.1 Å². The van der Waals surface area contributed by atoms with Crippen LogP contribution >= 0.6 is 0 Å². The molecule has 0 fully saturated rings. The molecule has 1 rings (SSSR count). The van der Waals surface area contributed by atoms with Gasteiger partial charge < -0.3 is 10.8 Å². The lowest BCUT2D eigenvalue weighted by atomic mass is 10.2. The molecule has 0 radical (unpaired) electrons. The van der Waals surface area contributed by atoms with Crippen LogP contribution in [0.15, 0.2) is 18.2 Å². The first-order valence-electron chi connectivity index (χ1n) is 3.14. The maximum Gasteiger partial charge on any atom is 0.409 e. The van der Waals surface area contributed by atoms with E-state index in [2.05, 4.69) is 0 Å². The summed E-state index contributed by atoms with van der Waals surface area (Å²) in [6.07, 6.45) is -1.27. The summed E-state index contributed by atoms with van der Waals surface area (Å²) in [6.45, 7) is 0. The second-order valence-electron chi connectivity index (χ2n) is 2.16. The summed E-state index contributed by atoms with van der Waals surface area (Å²) in [5.74, 6) is -0.534. The molecule has 0 heterocycles. The molecule has 1 amide bonds. The minimum absolute atomic E-state index is 0.0579. The molecular weight excluding hydrogens is 163 g/mol. The lowest BCUT2D eigenvalue weighted by molar-refractivity contribution is 0.210. The fourth-order valence-electron chi connectivity index (χ4n) is 0.752. The van der Waals surface area contributed by atoms with Crippen molar-refractivity contribution < 1.29 is 14.3 Å². The Kier molecular flexibility index (Phi) is 2.14. The molecule has 4 nitrogen and oxygen atoms in total. The van der Waals surface area contributed by atoms with E-state index in [1.54, 1.807) is 0 Å². The van der Waals surface area contributed by atoms with E-state index < -0.39 is 11.9 Å². The van der Waals surface area contributed by atoms with Crippen molar-refractivity contribution in [1.82, 2.24) is 0 Å². The van der Waals surface area contributed by atoms with Gasteiger partial charge in [0, 0.05) is 0 Å². The predicted octanol–water partition coefficient (Wildman–Crippen LogP) is 1.50. The van der Waals surface area contributed by atoms with Gasteiger partial charge in [-0.25, -0.2) is 9.18 Å². The highest BCUT2D eigenvalue weighted by atomic mass is 19.1. The zero-order valence-electron chi connectivity index (χ0n) is 6.04. The Labute approximate surface area is 67.8 Å². The third-order valence-electron chi connectivity index (χ3n) is 1.26. The Bertz CT molecular complexity index is 314. The Morgan fingerprint density at radius 2 is 2.25 bits per heavy atom. The molecule has 0 aliphatic rings. The van der Waals surface area contributed by atoms with E-state index in [4.69, 9.17) is 10.8 Å². The summed E-state index contributed by atoms with van der Waals surface area (Å²) in [4.78, 5) is 10.1. The lowest BCUT2D eigenvalue weighted by Gasteiger charge is -2.03. The molecule has 0 saturated heterocycles. The molecule has 0 aromatic heterocycles. The number of nitrogens with two attached hydrogens (primary N) is 1. The van der Waals surface area contributed by atoms with Gasteiger partial charge in [-0.3, -0.25) is 5.32 Å². The van der Waals surface area contributed by atoms with E-state index in [9.17, 15) is 9.18 Å². The Morgan fingerprint density at radius 1 is 1.58 bits per heavy atom. The van der Waals surface area contributed by atoms with E-state index in [0.717, 1.165) is 12.1 Å². The Balaban J connectivity index is 2.97. The average molecular weight is 170 g/mol. The van der Waals surface area contributed by atoms with Crippen LogP contribution in [-0.4, -0.2) is 11.2 Å². The van der Waals surface area contributed by atoms with Gasteiger partial charge in [0.1, 0.15) is 5.82 Å². The summed E-state index contributed by atoms with van der Waals surface area (Å²) < 4.78 is 12.5. The number of carbonyl (C=O) groups is 1. The number of nitrogen functional groups attached to an aromatic ring is 1. The zero-order chi connectivity index (χ0) is 9.14. The van der Waals surface area contributed by atoms with Crippen LogP contribution in [0.2, 0.25) is 0 Å². The second kappa shape index (κ2) is 3.08. The molecule has 0 bridgehead atoms. The first kappa shape index (κ1) is 8.32. The molecule has 1 aromatic carbocycles. The van der Waals surface area contributed by atoms with Gasteiger partial charge in [-0.2, -0.15) is 0 Å². The Morgan fingerprint density at radius 3 is 2.83 bits per heavy atom. The number of hydrogen-bond donors (Lipinski definition) is 3. The maximum atomic E-state index is 12.5. The maximum absolute atomic E-state index is 12.5. The molecule has 0 aliphatic carbocycles. The fourth-order valence-corrected chi connectivity index (χ4v) is 0.752. The zero-order valence-corrected chi connectivity index (χ0v) is 6.04. The third-order valence-corrected chi connectivity index (χ3v) is 1.26. The predicted molar refractivity (Wildman–Crippen MR) is 42.5 cm³/mol. The molecule has 0 saturated carbocycles. The fraction of sp³-hybridized carbons (Fsp3) is 0. The van der Waals surface area contributed by atoms with Crippen LogP contribution in [0.1, 0.15) is 0 Å². The molecule has 0 spiro atoms. The number of nitrogens with one attached hydrogen (secondary N) is 1. The minimum Gasteiger partial charge on any atom is -0.465 e. The third kappa shape index (κ3) is 1.85. The number of rotatable bonds is 1. The normalized spacial score (nSPS) is 9.42.